The minimum atomic E-state index is -1.28. The number of ether oxygens (including phenoxy) is 1. The van der Waals surface area contributed by atoms with Crippen LogP contribution in [0.25, 0.3) is 0 Å². The number of hydrogen-bond donors (Lipinski definition) is 1. The van der Waals surface area contributed by atoms with Gasteiger partial charge in [-0.2, -0.15) is 0 Å². The first-order chi connectivity index (χ1) is 11.2. The quantitative estimate of drug-likeness (QED) is 0.769. The van der Waals surface area contributed by atoms with Gasteiger partial charge in [-0.1, -0.05) is 48.0 Å². The molecule has 2 aromatic carbocycles. The number of nitrogens with zero attached hydrogens (tertiary/aromatic N) is 1. The summed E-state index contributed by atoms with van der Waals surface area (Å²) in [6.07, 6.45) is 3.33. The van der Waals surface area contributed by atoms with E-state index in [1.165, 1.54) is 0 Å². The fourth-order valence-electron chi connectivity index (χ4n) is 2.37. The standard InChI is InChI=1S/C19H16ClNO2/c20-17-8-10-18(11-9-17)23-14-19(22,15-5-2-1-3-6-15)16-7-4-12-21-13-16/h1-13,22H,14H2/t19-/m1/s1. The topological polar surface area (TPSA) is 42.4 Å². The predicted octanol–water partition coefficient (Wildman–Crippen LogP) is 4.05. The third-order valence-electron chi connectivity index (χ3n) is 3.65. The first kappa shape index (κ1) is 15.5. The van der Waals surface area contributed by atoms with E-state index in [-0.39, 0.29) is 6.61 Å². The monoisotopic (exact) mass is 325 g/mol. The summed E-state index contributed by atoms with van der Waals surface area (Å²) in [5, 5.41) is 11.9. The molecule has 3 aromatic rings. The minimum Gasteiger partial charge on any atom is -0.490 e. The van der Waals surface area contributed by atoms with Crippen LogP contribution in [0.15, 0.2) is 79.1 Å². The molecule has 1 heterocycles. The molecular weight excluding hydrogens is 310 g/mol. The van der Waals surface area contributed by atoms with Gasteiger partial charge in [0.1, 0.15) is 18.0 Å². The zero-order valence-corrected chi connectivity index (χ0v) is 13.1. The van der Waals surface area contributed by atoms with E-state index >= 15 is 0 Å². The Kier molecular flexibility index (Phi) is 4.60. The molecule has 0 amide bonds. The molecule has 0 bridgehead atoms. The van der Waals surface area contributed by atoms with E-state index in [4.69, 9.17) is 16.3 Å². The summed E-state index contributed by atoms with van der Waals surface area (Å²) in [6.45, 7) is 0.0737. The van der Waals surface area contributed by atoms with Gasteiger partial charge in [0.25, 0.3) is 0 Å². The van der Waals surface area contributed by atoms with Crippen molar-refractivity contribution in [2.45, 2.75) is 5.60 Å². The van der Waals surface area contributed by atoms with Crippen molar-refractivity contribution in [3.05, 3.63) is 95.3 Å². The second-order valence-electron chi connectivity index (χ2n) is 5.21. The molecule has 0 radical (unpaired) electrons. The molecule has 3 nitrogen and oxygen atoms in total. The zero-order chi connectivity index (χ0) is 16.1. The summed E-state index contributed by atoms with van der Waals surface area (Å²) in [7, 11) is 0. The van der Waals surface area contributed by atoms with Crippen LogP contribution in [0.5, 0.6) is 5.75 Å². The van der Waals surface area contributed by atoms with Crippen LogP contribution in [-0.2, 0) is 5.60 Å². The summed E-state index contributed by atoms with van der Waals surface area (Å²) in [6, 6.07) is 20.1. The van der Waals surface area contributed by atoms with Gasteiger partial charge < -0.3 is 9.84 Å². The number of halogens is 1. The lowest BCUT2D eigenvalue weighted by Crippen LogP contribution is -2.34. The zero-order valence-electron chi connectivity index (χ0n) is 12.4. The van der Waals surface area contributed by atoms with E-state index in [2.05, 4.69) is 4.98 Å². The summed E-state index contributed by atoms with van der Waals surface area (Å²) in [4.78, 5) is 4.11. The van der Waals surface area contributed by atoms with Gasteiger partial charge in [-0.05, 0) is 35.9 Å². The van der Waals surface area contributed by atoms with Crippen molar-refractivity contribution in [1.29, 1.82) is 0 Å². The second-order valence-corrected chi connectivity index (χ2v) is 5.65. The Hall–Kier alpha value is -2.36. The molecule has 0 aliphatic carbocycles. The smallest absolute Gasteiger partial charge is 0.150 e. The normalized spacial score (nSPS) is 13.3. The van der Waals surface area contributed by atoms with Crippen molar-refractivity contribution in [2.75, 3.05) is 6.61 Å². The van der Waals surface area contributed by atoms with Gasteiger partial charge >= 0.3 is 0 Å². The van der Waals surface area contributed by atoms with E-state index in [1.54, 1.807) is 42.7 Å². The molecule has 0 spiro atoms. The molecule has 0 saturated heterocycles. The van der Waals surface area contributed by atoms with Crippen LogP contribution < -0.4 is 4.74 Å². The molecule has 4 heteroatoms. The first-order valence-electron chi connectivity index (χ1n) is 7.25. The fraction of sp³-hybridized carbons (Fsp3) is 0.105. The van der Waals surface area contributed by atoms with Crippen molar-refractivity contribution in [2.24, 2.45) is 0 Å². The number of pyridine rings is 1. The molecule has 0 fully saturated rings. The molecule has 0 saturated carbocycles. The maximum absolute atomic E-state index is 11.3. The van der Waals surface area contributed by atoms with Crippen LogP contribution in [-0.4, -0.2) is 16.7 Å². The molecule has 0 aliphatic rings. The maximum Gasteiger partial charge on any atom is 0.150 e. The summed E-state index contributed by atoms with van der Waals surface area (Å²) >= 11 is 5.88. The number of rotatable bonds is 5. The summed E-state index contributed by atoms with van der Waals surface area (Å²) in [5.74, 6) is 0.646. The van der Waals surface area contributed by atoms with E-state index < -0.39 is 5.60 Å². The average Bonchev–Trinajstić information content (AvgIpc) is 2.62. The molecule has 116 valence electrons. The predicted molar refractivity (Wildman–Crippen MR) is 90.6 cm³/mol. The molecule has 3 rings (SSSR count). The molecule has 1 aromatic heterocycles. The summed E-state index contributed by atoms with van der Waals surface area (Å²) < 4.78 is 5.80. The van der Waals surface area contributed by atoms with Gasteiger partial charge in [0, 0.05) is 23.0 Å². The van der Waals surface area contributed by atoms with Gasteiger partial charge in [-0.3, -0.25) is 4.98 Å². The Balaban J connectivity index is 1.91. The SMILES string of the molecule is O[C@](COc1ccc(Cl)cc1)(c1ccccc1)c1cccnc1. The van der Waals surface area contributed by atoms with Crippen LogP contribution in [0.3, 0.4) is 0 Å². The maximum atomic E-state index is 11.3. The van der Waals surface area contributed by atoms with Crippen molar-refractivity contribution in [3.63, 3.8) is 0 Å². The fourth-order valence-corrected chi connectivity index (χ4v) is 2.50. The van der Waals surface area contributed by atoms with Crippen LogP contribution in [0.2, 0.25) is 5.02 Å². The van der Waals surface area contributed by atoms with Crippen LogP contribution >= 0.6 is 11.6 Å². The van der Waals surface area contributed by atoms with Crippen LogP contribution in [0, 0.1) is 0 Å². The lowest BCUT2D eigenvalue weighted by molar-refractivity contribution is 0.0273. The molecule has 0 aliphatic heterocycles. The Morgan fingerprint density at radius 1 is 0.913 bits per heavy atom. The van der Waals surface area contributed by atoms with E-state index in [9.17, 15) is 5.11 Å². The molecular formula is C19H16ClNO2. The Labute approximate surface area is 140 Å². The van der Waals surface area contributed by atoms with Gasteiger partial charge in [-0.25, -0.2) is 0 Å². The lowest BCUT2D eigenvalue weighted by atomic mass is 9.88. The van der Waals surface area contributed by atoms with Crippen LogP contribution in [0.4, 0.5) is 0 Å². The van der Waals surface area contributed by atoms with E-state index in [0.29, 0.717) is 16.3 Å². The van der Waals surface area contributed by atoms with E-state index in [1.807, 2.05) is 36.4 Å². The van der Waals surface area contributed by atoms with Gasteiger partial charge in [0.2, 0.25) is 0 Å². The van der Waals surface area contributed by atoms with Crippen LogP contribution in [0.1, 0.15) is 11.1 Å². The molecule has 1 atom stereocenters. The highest BCUT2D eigenvalue weighted by Crippen LogP contribution is 2.30. The highest BCUT2D eigenvalue weighted by atomic mass is 35.5. The Bertz CT molecular complexity index is 706. The Morgan fingerprint density at radius 3 is 2.26 bits per heavy atom. The Morgan fingerprint density at radius 2 is 1.61 bits per heavy atom. The van der Waals surface area contributed by atoms with Gasteiger partial charge in [-0.15, -0.1) is 0 Å². The van der Waals surface area contributed by atoms with Crippen molar-refractivity contribution < 1.29 is 9.84 Å². The molecule has 1 N–H and O–H groups in total. The average molecular weight is 326 g/mol. The van der Waals surface area contributed by atoms with Crippen molar-refractivity contribution >= 4 is 11.6 Å². The molecule has 0 unspecified atom stereocenters. The number of aliphatic hydroxyl groups is 1. The highest BCUT2D eigenvalue weighted by Gasteiger charge is 2.32. The number of benzene rings is 2. The lowest BCUT2D eigenvalue weighted by Gasteiger charge is -2.29. The third-order valence-corrected chi connectivity index (χ3v) is 3.90. The second kappa shape index (κ2) is 6.82. The minimum absolute atomic E-state index is 0.0737. The third kappa shape index (κ3) is 3.52. The number of hydrogen-bond acceptors (Lipinski definition) is 3. The number of aromatic nitrogens is 1. The van der Waals surface area contributed by atoms with Crippen molar-refractivity contribution in [1.82, 2.24) is 4.98 Å². The highest BCUT2D eigenvalue weighted by molar-refractivity contribution is 6.30. The van der Waals surface area contributed by atoms with Gasteiger partial charge in [0.05, 0.1) is 0 Å². The van der Waals surface area contributed by atoms with Crippen molar-refractivity contribution in [3.8, 4) is 5.75 Å². The van der Waals surface area contributed by atoms with Gasteiger partial charge in [0.15, 0.2) is 0 Å². The first-order valence-corrected chi connectivity index (χ1v) is 7.63. The molecule has 23 heavy (non-hydrogen) atoms. The summed E-state index contributed by atoms with van der Waals surface area (Å²) in [5.41, 5.74) is 0.150. The largest absolute Gasteiger partial charge is 0.490 e. The van der Waals surface area contributed by atoms with E-state index in [0.717, 1.165) is 5.56 Å².